The van der Waals surface area contributed by atoms with E-state index in [4.69, 9.17) is 0 Å². The van der Waals surface area contributed by atoms with Crippen molar-refractivity contribution < 1.29 is 9.18 Å². The van der Waals surface area contributed by atoms with Gasteiger partial charge in [-0.3, -0.25) is 14.7 Å². The molecule has 0 saturated carbocycles. The van der Waals surface area contributed by atoms with Gasteiger partial charge in [0.25, 0.3) is 0 Å². The SMILES string of the molecule is O=C(Nc1ccc2cnccc2c1)C(CN1CCNCC1)c1ccc(F)cc1. The number of amides is 1. The number of nitrogens with one attached hydrogen (secondary N) is 2. The number of halogens is 1. The Bertz CT molecular complexity index is 954. The van der Waals surface area contributed by atoms with Crippen LogP contribution >= 0.6 is 0 Å². The zero-order chi connectivity index (χ0) is 19.3. The third-order valence-electron chi connectivity index (χ3n) is 5.15. The molecule has 1 saturated heterocycles. The zero-order valence-corrected chi connectivity index (χ0v) is 15.6. The van der Waals surface area contributed by atoms with Gasteiger partial charge in [0.2, 0.25) is 5.91 Å². The fraction of sp³-hybridized carbons (Fsp3) is 0.273. The second kappa shape index (κ2) is 8.46. The van der Waals surface area contributed by atoms with Crippen LogP contribution in [-0.2, 0) is 4.79 Å². The van der Waals surface area contributed by atoms with Crippen molar-refractivity contribution in [1.29, 1.82) is 0 Å². The number of hydrogen-bond acceptors (Lipinski definition) is 4. The number of carbonyl (C=O) groups is 1. The summed E-state index contributed by atoms with van der Waals surface area (Å²) < 4.78 is 13.4. The molecule has 144 valence electrons. The molecule has 2 aromatic carbocycles. The summed E-state index contributed by atoms with van der Waals surface area (Å²) in [5.41, 5.74) is 1.57. The molecule has 1 unspecified atom stereocenters. The van der Waals surface area contributed by atoms with Crippen molar-refractivity contribution in [2.24, 2.45) is 0 Å². The van der Waals surface area contributed by atoms with Gasteiger partial charge < -0.3 is 10.6 Å². The Hall–Kier alpha value is -2.83. The molecule has 6 heteroatoms. The van der Waals surface area contributed by atoms with E-state index in [2.05, 4.69) is 20.5 Å². The Balaban J connectivity index is 1.56. The van der Waals surface area contributed by atoms with E-state index in [1.54, 1.807) is 24.5 Å². The zero-order valence-electron chi connectivity index (χ0n) is 15.6. The molecule has 2 heterocycles. The van der Waals surface area contributed by atoms with Gasteiger partial charge >= 0.3 is 0 Å². The van der Waals surface area contributed by atoms with Crippen LogP contribution in [0.4, 0.5) is 10.1 Å². The summed E-state index contributed by atoms with van der Waals surface area (Å²) in [6.07, 6.45) is 3.53. The van der Waals surface area contributed by atoms with Gasteiger partial charge in [-0.1, -0.05) is 18.2 Å². The predicted molar refractivity (Wildman–Crippen MR) is 109 cm³/mol. The minimum absolute atomic E-state index is 0.0847. The Labute approximate surface area is 163 Å². The molecule has 0 bridgehead atoms. The maximum Gasteiger partial charge on any atom is 0.233 e. The molecule has 1 aliphatic rings. The summed E-state index contributed by atoms with van der Waals surface area (Å²) in [6.45, 7) is 4.23. The molecule has 28 heavy (non-hydrogen) atoms. The van der Waals surface area contributed by atoms with Crippen LogP contribution in [0.3, 0.4) is 0 Å². The second-order valence-electron chi connectivity index (χ2n) is 7.08. The lowest BCUT2D eigenvalue weighted by molar-refractivity contribution is -0.118. The molecule has 5 nitrogen and oxygen atoms in total. The lowest BCUT2D eigenvalue weighted by Crippen LogP contribution is -2.46. The van der Waals surface area contributed by atoms with Crippen LogP contribution in [-0.4, -0.2) is 48.5 Å². The molecular weight excluding hydrogens is 355 g/mol. The van der Waals surface area contributed by atoms with Gasteiger partial charge in [-0.25, -0.2) is 4.39 Å². The van der Waals surface area contributed by atoms with Crippen molar-refractivity contribution in [1.82, 2.24) is 15.2 Å². The number of fused-ring (bicyclic) bond motifs is 1. The van der Waals surface area contributed by atoms with E-state index in [9.17, 15) is 9.18 Å². The smallest absolute Gasteiger partial charge is 0.233 e. The summed E-state index contributed by atoms with van der Waals surface area (Å²) in [6, 6.07) is 13.9. The van der Waals surface area contributed by atoms with E-state index in [1.165, 1.54) is 12.1 Å². The highest BCUT2D eigenvalue weighted by Gasteiger charge is 2.24. The number of aromatic nitrogens is 1. The minimum atomic E-state index is -0.369. The van der Waals surface area contributed by atoms with E-state index < -0.39 is 0 Å². The van der Waals surface area contributed by atoms with E-state index in [1.807, 2.05) is 24.3 Å². The third-order valence-corrected chi connectivity index (χ3v) is 5.15. The monoisotopic (exact) mass is 378 g/mol. The van der Waals surface area contributed by atoms with Gasteiger partial charge in [-0.2, -0.15) is 0 Å². The van der Waals surface area contributed by atoms with Crippen LogP contribution in [0.1, 0.15) is 11.5 Å². The van der Waals surface area contributed by atoms with Crippen molar-refractivity contribution in [3.8, 4) is 0 Å². The second-order valence-corrected chi connectivity index (χ2v) is 7.08. The average molecular weight is 378 g/mol. The first-order valence-electron chi connectivity index (χ1n) is 9.52. The molecule has 3 aromatic rings. The van der Waals surface area contributed by atoms with Gasteiger partial charge in [0, 0.05) is 56.2 Å². The van der Waals surface area contributed by atoms with Crippen molar-refractivity contribution >= 4 is 22.4 Å². The fourth-order valence-electron chi connectivity index (χ4n) is 3.58. The van der Waals surface area contributed by atoms with E-state index in [-0.39, 0.29) is 17.6 Å². The van der Waals surface area contributed by atoms with Crippen molar-refractivity contribution in [3.05, 3.63) is 72.3 Å². The van der Waals surface area contributed by atoms with Gasteiger partial charge in [-0.15, -0.1) is 0 Å². The first-order valence-corrected chi connectivity index (χ1v) is 9.52. The Morgan fingerprint density at radius 2 is 1.89 bits per heavy atom. The van der Waals surface area contributed by atoms with E-state index in [0.29, 0.717) is 6.54 Å². The highest BCUT2D eigenvalue weighted by molar-refractivity contribution is 5.98. The number of benzene rings is 2. The van der Waals surface area contributed by atoms with Gasteiger partial charge in [0.1, 0.15) is 5.82 Å². The van der Waals surface area contributed by atoms with E-state index >= 15 is 0 Å². The molecule has 2 N–H and O–H groups in total. The van der Waals surface area contributed by atoms with Crippen LogP contribution < -0.4 is 10.6 Å². The molecule has 1 fully saturated rings. The first-order chi connectivity index (χ1) is 13.7. The minimum Gasteiger partial charge on any atom is -0.325 e. The van der Waals surface area contributed by atoms with Crippen LogP contribution in [0, 0.1) is 5.82 Å². The molecule has 4 rings (SSSR count). The molecular formula is C22H23FN4O. The van der Waals surface area contributed by atoms with Crippen LogP contribution in [0.5, 0.6) is 0 Å². The highest BCUT2D eigenvalue weighted by atomic mass is 19.1. The number of piperazine rings is 1. The van der Waals surface area contributed by atoms with Crippen LogP contribution in [0.25, 0.3) is 10.8 Å². The maximum absolute atomic E-state index is 13.4. The summed E-state index contributed by atoms with van der Waals surface area (Å²) >= 11 is 0. The largest absolute Gasteiger partial charge is 0.325 e. The summed E-state index contributed by atoms with van der Waals surface area (Å²) in [5.74, 6) is -0.751. The topological polar surface area (TPSA) is 57.3 Å². The lowest BCUT2D eigenvalue weighted by atomic mass is 9.96. The number of nitrogens with zero attached hydrogens (tertiary/aromatic N) is 2. The number of pyridine rings is 1. The van der Waals surface area contributed by atoms with Gasteiger partial charge in [-0.05, 0) is 41.3 Å². The Morgan fingerprint density at radius 3 is 2.68 bits per heavy atom. The predicted octanol–water partition coefficient (Wildman–Crippen LogP) is 3.00. The van der Waals surface area contributed by atoms with Crippen LogP contribution in [0.15, 0.2) is 60.9 Å². The summed E-state index contributed by atoms with van der Waals surface area (Å²) in [4.78, 5) is 19.5. The fourth-order valence-corrected chi connectivity index (χ4v) is 3.58. The van der Waals surface area contributed by atoms with Crippen molar-refractivity contribution in [3.63, 3.8) is 0 Å². The number of hydrogen-bond donors (Lipinski definition) is 2. The Morgan fingerprint density at radius 1 is 1.11 bits per heavy atom. The number of rotatable bonds is 5. The van der Waals surface area contributed by atoms with Crippen molar-refractivity contribution in [2.75, 3.05) is 38.0 Å². The maximum atomic E-state index is 13.4. The highest BCUT2D eigenvalue weighted by Crippen LogP contribution is 2.23. The van der Waals surface area contributed by atoms with Gasteiger partial charge in [0.05, 0.1) is 5.92 Å². The summed E-state index contributed by atoms with van der Waals surface area (Å²) in [7, 11) is 0. The van der Waals surface area contributed by atoms with Crippen LogP contribution in [0.2, 0.25) is 0 Å². The molecule has 1 aromatic heterocycles. The molecule has 0 spiro atoms. The molecule has 1 atom stereocenters. The van der Waals surface area contributed by atoms with E-state index in [0.717, 1.165) is 48.2 Å². The Kier molecular flexibility index (Phi) is 5.60. The molecule has 1 amide bonds. The quantitative estimate of drug-likeness (QED) is 0.717. The number of anilines is 1. The van der Waals surface area contributed by atoms with Crippen molar-refractivity contribution in [2.45, 2.75) is 5.92 Å². The normalized spacial score (nSPS) is 16.0. The molecule has 1 aliphatic heterocycles. The standard InChI is InChI=1S/C22H23FN4O/c23-19-4-1-16(2-5-19)21(15-27-11-9-24-10-12-27)22(28)26-20-6-3-18-14-25-8-7-17(18)13-20/h1-8,13-14,21,24H,9-12,15H2,(H,26,28). The molecule has 0 aliphatic carbocycles. The first kappa shape index (κ1) is 18.5. The summed E-state index contributed by atoms with van der Waals surface area (Å²) in [5, 5.41) is 8.41. The average Bonchev–Trinajstić information content (AvgIpc) is 2.73. The number of carbonyl (C=O) groups excluding carboxylic acids is 1. The molecule has 0 radical (unpaired) electrons. The lowest BCUT2D eigenvalue weighted by Gasteiger charge is -2.30. The van der Waals surface area contributed by atoms with Gasteiger partial charge in [0.15, 0.2) is 0 Å². The third kappa shape index (κ3) is 4.35.